The fraction of sp³-hybridized carbons (Fsp3) is 0.714. The van der Waals surface area contributed by atoms with Gasteiger partial charge in [0.05, 0.1) is 0 Å². The molecule has 1 rings (SSSR count). The molecule has 0 saturated heterocycles. The highest BCUT2D eigenvalue weighted by Gasteiger charge is 2.45. The van der Waals surface area contributed by atoms with Crippen molar-refractivity contribution < 1.29 is 31.5 Å². The van der Waals surface area contributed by atoms with Gasteiger partial charge in [0.2, 0.25) is 0 Å². The molecule has 0 aromatic carbocycles. The third kappa shape index (κ3) is 8.49. The molecule has 2 N–H and O–H groups in total. The van der Waals surface area contributed by atoms with E-state index in [-0.39, 0.29) is 18.4 Å². The molecule has 0 fully saturated rings. The van der Waals surface area contributed by atoms with Crippen molar-refractivity contribution in [2.75, 3.05) is 6.54 Å². The van der Waals surface area contributed by atoms with Gasteiger partial charge < -0.3 is 21.9 Å². The van der Waals surface area contributed by atoms with Crippen LogP contribution in [0.3, 0.4) is 0 Å². The van der Waals surface area contributed by atoms with Crippen LogP contribution in [0.25, 0.3) is 0 Å². The Hall–Kier alpha value is -0.452. The second-order valence-corrected chi connectivity index (χ2v) is 21.8. The minimum atomic E-state index is -2.87. The molecule has 0 bridgehead atoms. The van der Waals surface area contributed by atoms with Gasteiger partial charge in [-0.1, -0.05) is 0 Å². The molecule has 0 saturated carbocycles. The molecule has 0 aromatic rings. The van der Waals surface area contributed by atoms with Crippen molar-refractivity contribution in [3.63, 3.8) is 0 Å². The molecule has 0 spiro atoms. The Balaban J connectivity index is 2.79. The molecular formula is C14H31NO7Si4. The van der Waals surface area contributed by atoms with Gasteiger partial charge in [0, 0.05) is 18.7 Å². The van der Waals surface area contributed by atoms with E-state index in [9.17, 15) is 19.2 Å². The molecular weight excluding hydrogens is 406 g/mol. The fourth-order valence-corrected chi connectivity index (χ4v) is 18.9. The van der Waals surface area contributed by atoms with Crippen molar-refractivity contribution in [2.24, 2.45) is 0 Å². The molecule has 150 valence electrons. The maximum absolute atomic E-state index is 11.7. The Labute approximate surface area is 159 Å². The Morgan fingerprint density at radius 2 is 1.31 bits per heavy atom. The van der Waals surface area contributed by atoms with E-state index in [1.54, 1.807) is 26.2 Å². The van der Waals surface area contributed by atoms with Gasteiger partial charge >= 0.3 is 34.2 Å². The average molecular weight is 438 g/mol. The summed E-state index contributed by atoms with van der Waals surface area (Å²) < 4.78 is 18.1. The summed E-state index contributed by atoms with van der Waals surface area (Å²) in [4.78, 5) is 44.8. The molecule has 1 heterocycles. The van der Waals surface area contributed by atoms with Crippen LogP contribution in [0.4, 0.5) is 0 Å². The normalized spacial score (nSPS) is 18.6. The molecule has 0 radical (unpaired) electrons. The standard InChI is InChI=1S/C14H31NO7Si4/c1-23(2,18)20-25(5,6)22-26(7,21-24(3,4)19)12-8-11-15-13(16)9-10-14(15)17/h9-10,18-19H,8,11-12H2,1-7H3. The van der Waals surface area contributed by atoms with Gasteiger partial charge in [-0.25, -0.2) is 0 Å². The molecule has 26 heavy (non-hydrogen) atoms. The summed E-state index contributed by atoms with van der Waals surface area (Å²) in [6.45, 7) is 12.5. The molecule has 12 heteroatoms. The Kier molecular flexibility index (Phi) is 7.51. The Morgan fingerprint density at radius 1 is 0.846 bits per heavy atom. The molecule has 1 aliphatic heterocycles. The highest BCUT2D eigenvalue weighted by atomic mass is 28.5. The number of hydrogen-bond donors (Lipinski definition) is 2. The van der Waals surface area contributed by atoms with Crippen molar-refractivity contribution in [1.82, 2.24) is 4.90 Å². The number of carbonyl (C=O) groups excluding carboxylic acids is 2. The second-order valence-electron chi connectivity index (χ2n) is 8.00. The lowest BCUT2D eigenvalue weighted by molar-refractivity contribution is -0.136. The first kappa shape index (κ1) is 23.6. The van der Waals surface area contributed by atoms with E-state index < -0.39 is 34.2 Å². The smallest absolute Gasteiger partial charge is 0.320 e. The molecule has 1 unspecified atom stereocenters. The second kappa shape index (κ2) is 8.28. The zero-order valence-electron chi connectivity index (χ0n) is 16.7. The number of imide groups is 1. The number of rotatable bonds is 10. The minimum Gasteiger partial charge on any atom is -0.416 e. The van der Waals surface area contributed by atoms with E-state index in [0.29, 0.717) is 12.5 Å². The van der Waals surface area contributed by atoms with Crippen LogP contribution >= 0.6 is 0 Å². The lowest BCUT2D eigenvalue weighted by Crippen LogP contribution is -2.58. The van der Waals surface area contributed by atoms with Crippen molar-refractivity contribution in [1.29, 1.82) is 0 Å². The number of carbonyl (C=O) groups is 2. The van der Waals surface area contributed by atoms with Crippen LogP contribution in [-0.4, -0.2) is 67.1 Å². The third-order valence-corrected chi connectivity index (χ3v) is 16.0. The summed E-state index contributed by atoms with van der Waals surface area (Å²) >= 11 is 0. The highest BCUT2D eigenvalue weighted by molar-refractivity contribution is 6.87. The van der Waals surface area contributed by atoms with E-state index in [0.717, 1.165) is 0 Å². The number of amides is 2. The van der Waals surface area contributed by atoms with E-state index >= 15 is 0 Å². The van der Waals surface area contributed by atoms with Crippen LogP contribution in [0, 0.1) is 0 Å². The fourth-order valence-electron chi connectivity index (χ4n) is 3.00. The average Bonchev–Trinajstić information content (AvgIpc) is 2.63. The molecule has 1 atom stereocenters. The molecule has 1 aliphatic rings. The van der Waals surface area contributed by atoms with Gasteiger partial charge in [0.25, 0.3) is 11.8 Å². The quantitative estimate of drug-likeness (QED) is 0.394. The van der Waals surface area contributed by atoms with Gasteiger partial charge in [0.15, 0.2) is 0 Å². The summed E-state index contributed by atoms with van der Waals surface area (Å²) in [5, 5.41) is 0. The SMILES string of the molecule is C[Si](C)(O)O[Si](C)(C)O[Si](C)(CCCN1C(=O)C=CC1=O)O[Si](C)(C)O. The zero-order chi connectivity index (χ0) is 20.4. The van der Waals surface area contributed by atoms with Gasteiger partial charge in [-0.3, -0.25) is 14.5 Å². The van der Waals surface area contributed by atoms with Gasteiger partial charge in [-0.2, -0.15) is 0 Å². The minimum absolute atomic E-state index is 0.274. The van der Waals surface area contributed by atoms with E-state index in [2.05, 4.69) is 0 Å². The summed E-state index contributed by atoms with van der Waals surface area (Å²) in [5.74, 6) is -0.633. The Morgan fingerprint density at radius 3 is 1.73 bits per heavy atom. The predicted molar refractivity (Wildman–Crippen MR) is 107 cm³/mol. The van der Waals surface area contributed by atoms with Crippen LogP contribution in [0.5, 0.6) is 0 Å². The molecule has 2 amide bonds. The van der Waals surface area contributed by atoms with Crippen molar-refractivity contribution >= 4 is 46.1 Å². The third-order valence-electron chi connectivity index (χ3n) is 3.34. The molecule has 0 aromatic heterocycles. The summed E-state index contributed by atoms with van der Waals surface area (Å²) in [6, 6.07) is 0.494. The number of hydrogen-bond acceptors (Lipinski definition) is 7. The van der Waals surface area contributed by atoms with E-state index in [1.165, 1.54) is 17.1 Å². The zero-order valence-corrected chi connectivity index (χ0v) is 20.7. The first-order valence-corrected chi connectivity index (χ1v) is 19.7. The van der Waals surface area contributed by atoms with Gasteiger partial charge in [0.1, 0.15) is 0 Å². The lowest BCUT2D eigenvalue weighted by Gasteiger charge is -2.40. The summed E-state index contributed by atoms with van der Waals surface area (Å²) in [5.41, 5.74) is 0. The van der Waals surface area contributed by atoms with Crippen LogP contribution in [0.15, 0.2) is 12.2 Å². The van der Waals surface area contributed by atoms with Crippen LogP contribution < -0.4 is 0 Å². The maximum atomic E-state index is 11.7. The van der Waals surface area contributed by atoms with Crippen LogP contribution in [0.2, 0.25) is 51.9 Å². The summed E-state index contributed by atoms with van der Waals surface area (Å²) in [6.07, 6.45) is 3.03. The van der Waals surface area contributed by atoms with Crippen LogP contribution in [-0.2, 0) is 21.9 Å². The van der Waals surface area contributed by atoms with E-state index in [1.807, 2.05) is 19.6 Å². The van der Waals surface area contributed by atoms with Crippen molar-refractivity contribution in [3.05, 3.63) is 12.2 Å². The van der Waals surface area contributed by atoms with Crippen molar-refractivity contribution in [2.45, 2.75) is 58.3 Å². The van der Waals surface area contributed by atoms with Crippen LogP contribution in [0.1, 0.15) is 6.42 Å². The monoisotopic (exact) mass is 437 g/mol. The Bertz CT molecular complexity index is 553. The first-order valence-electron chi connectivity index (χ1n) is 8.61. The van der Waals surface area contributed by atoms with Gasteiger partial charge in [-0.05, 0) is 58.3 Å². The van der Waals surface area contributed by atoms with E-state index in [4.69, 9.17) is 12.3 Å². The maximum Gasteiger partial charge on any atom is 0.320 e. The molecule has 8 nitrogen and oxygen atoms in total. The van der Waals surface area contributed by atoms with Gasteiger partial charge in [-0.15, -0.1) is 0 Å². The van der Waals surface area contributed by atoms with Crippen molar-refractivity contribution in [3.8, 4) is 0 Å². The largest absolute Gasteiger partial charge is 0.416 e. The predicted octanol–water partition coefficient (Wildman–Crippen LogP) is 1.51. The first-order chi connectivity index (χ1) is 11.5. The highest BCUT2D eigenvalue weighted by Crippen LogP contribution is 2.27. The summed E-state index contributed by atoms with van der Waals surface area (Å²) in [7, 11) is -11.2. The topological polar surface area (TPSA) is 106 Å². The number of nitrogens with zero attached hydrogens (tertiary/aromatic N) is 1. The molecule has 0 aliphatic carbocycles. The lowest BCUT2D eigenvalue weighted by atomic mass is 10.4.